The molecular weight excluding hydrogens is 421 g/mol. The summed E-state index contributed by atoms with van der Waals surface area (Å²) in [6, 6.07) is 21.3. The first-order valence-corrected chi connectivity index (χ1v) is 10.4. The summed E-state index contributed by atoms with van der Waals surface area (Å²) in [7, 11) is 0. The molecule has 4 rings (SSSR count). The molecular formula is C26H22FN3O3. The fraction of sp³-hybridized carbons (Fsp3) is 0.115. The molecule has 0 aliphatic heterocycles. The Morgan fingerprint density at radius 2 is 1.70 bits per heavy atom. The molecule has 0 heterocycles. The number of phenols is 1. The molecule has 4 aromatic rings. The highest BCUT2D eigenvalue weighted by atomic mass is 19.1. The molecule has 4 aromatic carbocycles. The van der Waals surface area contributed by atoms with Gasteiger partial charge >= 0.3 is 0 Å². The first-order chi connectivity index (χ1) is 16.0. The lowest BCUT2D eigenvalue weighted by atomic mass is 10.0. The van der Waals surface area contributed by atoms with Crippen LogP contribution in [0.5, 0.6) is 5.75 Å². The highest BCUT2D eigenvalue weighted by Gasteiger charge is 2.22. The van der Waals surface area contributed by atoms with E-state index < -0.39 is 17.8 Å². The van der Waals surface area contributed by atoms with Gasteiger partial charge in [0.1, 0.15) is 23.3 Å². The number of aryl methyl sites for hydroxylation is 1. The Hall–Kier alpha value is -4.26. The highest BCUT2D eigenvalue weighted by Crippen LogP contribution is 2.39. The maximum Gasteiger partial charge on any atom is 0.247 e. The number of carbonyl (C=O) groups is 1. The fourth-order valence-corrected chi connectivity index (χ4v) is 3.67. The first-order valence-electron chi connectivity index (χ1n) is 10.4. The normalized spacial score (nSPS) is 11.7. The highest BCUT2D eigenvalue weighted by molar-refractivity contribution is 6.02. The molecule has 0 aliphatic rings. The summed E-state index contributed by atoms with van der Waals surface area (Å²) in [5, 5.41) is 20.6. The van der Waals surface area contributed by atoms with Crippen molar-refractivity contribution in [2.24, 2.45) is 5.18 Å². The van der Waals surface area contributed by atoms with Crippen LogP contribution >= 0.6 is 0 Å². The van der Waals surface area contributed by atoms with E-state index >= 15 is 0 Å². The van der Waals surface area contributed by atoms with Crippen molar-refractivity contribution < 1.29 is 14.3 Å². The Bertz CT molecular complexity index is 1330. The van der Waals surface area contributed by atoms with Crippen LogP contribution < -0.4 is 10.6 Å². The van der Waals surface area contributed by atoms with Crippen LogP contribution in [-0.4, -0.2) is 17.1 Å². The Kier molecular flexibility index (Phi) is 6.31. The number of halogens is 1. The van der Waals surface area contributed by atoms with Crippen molar-refractivity contribution in [3.8, 4) is 5.75 Å². The molecule has 0 aromatic heterocycles. The van der Waals surface area contributed by atoms with Crippen molar-refractivity contribution in [1.82, 2.24) is 0 Å². The van der Waals surface area contributed by atoms with E-state index in [-0.39, 0.29) is 23.5 Å². The van der Waals surface area contributed by atoms with Crippen LogP contribution in [0.2, 0.25) is 0 Å². The molecule has 166 valence electrons. The minimum absolute atomic E-state index is 0.0924. The van der Waals surface area contributed by atoms with Gasteiger partial charge in [0.2, 0.25) is 5.91 Å². The molecule has 0 unspecified atom stereocenters. The van der Waals surface area contributed by atoms with Gasteiger partial charge in [0.25, 0.3) is 0 Å². The predicted octanol–water partition coefficient (Wildman–Crippen LogP) is 6.05. The zero-order valence-corrected chi connectivity index (χ0v) is 17.9. The van der Waals surface area contributed by atoms with Crippen LogP contribution in [0.1, 0.15) is 11.1 Å². The van der Waals surface area contributed by atoms with Gasteiger partial charge in [0, 0.05) is 22.9 Å². The van der Waals surface area contributed by atoms with E-state index in [0.717, 1.165) is 5.56 Å². The van der Waals surface area contributed by atoms with E-state index in [2.05, 4.69) is 15.8 Å². The number of carbonyl (C=O) groups excluding carboxylic acids is 1. The SMILES string of the molecule is Cc1ccc(NC(=O)[C@@H](Cc2ccccc2)Nc2cc(N=O)c3ccccc3c2O)cc1F. The van der Waals surface area contributed by atoms with Crippen LogP contribution in [0.3, 0.4) is 0 Å². The van der Waals surface area contributed by atoms with Crippen molar-refractivity contribution in [2.75, 3.05) is 10.6 Å². The second kappa shape index (κ2) is 9.48. The van der Waals surface area contributed by atoms with E-state index in [0.29, 0.717) is 22.0 Å². The second-order valence-electron chi connectivity index (χ2n) is 7.77. The third-order valence-corrected chi connectivity index (χ3v) is 5.46. The summed E-state index contributed by atoms with van der Waals surface area (Å²) in [4.78, 5) is 24.6. The predicted molar refractivity (Wildman–Crippen MR) is 128 cm³/mol. The quantitative estimate of drug-likeness (QED) is 0.239. The molecule has 6 nitrogen and oxygen atoms in total. The zero-order chi connectivity index (χ0) is 23.4. The molecule has 1 amide bonds. The summed E-state index contributed by atoms with van der Waals surface area (Å²) >= 11 is 0. The van der Waals surface area contributed by atoms with Crippen molar-refractivity contribution >= 4 is 33.7 Å². The summed E-state index contributed by atoms with van der Waals surface area (Å²) in [5.74, 6) is -0.935. The Morgan fingerprint density at radius 3 is 2.39 bits per heavy atom. The molecule has 0 bridgehead atoms. The summed E-state index contributed by atoms with van der Waals surface area (Å²) in [6.45, 7) is 1.64. The number of fused-ring (bicyclic) bond motifs is 1. The van der Waals surface area contributed by atoms with Crippen LogP contribution in [0.15, 0.2) is 84.0 Å². The smallest absolute Gasteiger partial charge is 0.247 e. The third kappa shape index (κ3) is 4.82. The number of hydrogen-bond donors (Lipinski definition) is 3. The summed E-state index contributed by atoms with van der Waals surface area (Å²) in [5.41, 5.74) is 2.02. The van der Waals surface area contributed by atoms with Gasteiger partial charge in [0.05, 0.1) is 5.69 Å². The van der Waals surface area contributed by atoms with Gasteiger partial charge in [0.15, 0.2) is 0 Å². The van der Waals surface area contributed by atoms with Crippen LogP contribution in [0, 0.1) is 17.6 Å². The molecule has 0 spiro atoms. The van der Waals surface area contributed by atoms with Gasteiger partial charge in [-0.05, 0) is 41.4 Å². The minimum Gasteiger partial charge on any atom is -0.505 e. The minimum atomic E-state index is -0.830. The Balaban J connectivity index is 1.69. The number of hydrogen-bond acceptors (Lipinski definition) is 5. The van der Waals surface area contributed by atoms with E-state index in [9.17, 15) is 19.2 Å². The number of nitrogens with one attached hydrogen (secondary N) is 2. The van der Waals surface area contributed by atoms with Crippen molar-refractivity contribution in [2.45, 2.75) is 19.4 Å². The van der Waals surface area contributed by atoms with Crippen molar-refractivity contribution in [1.29, 1.82) is 0 Å². The number of rotatable bonds is 7. The fourth-order valence-electron chi connectivity index (χ4n) is 3.67. The molecule has 0 radical (unpaired) electrons. The monoisotopic (exact) mass is 443 g/mol. The molecule has 1 atom stereocenters. The third-order valence-electron chi connectivity index (χ3n) is 5.46. The lowest BCUT2D eigenvalue weighted by molar-refractivity contribution is -0.116. The van der Waals surface area contributed by atoms with E-state index in [1.54, 1.807) is 43.3 Å². The molecule has 7 heteroatoms. The number of nitrogens with zero attached hydrogens (tertiary/aromatic N) is 1. The van der Waals surface area contributed by atoms with Crippen LogP contribution in [0.4, 0.5) is 21.5 Å². The van der Waals surface area contributed by atoms with Gasteiger partial charge in [-0.15, -0.1) is 4.91 Å². The van der Waals surface area contributed by atoms with E-state index in [1.807, 2.05) is 30.3 Å². The molecule has 0 saturated carbocycles. The number of amides is 1. The van der Waals surface area contributed by atoms with Crippen molar-refractivity contribution in [3.63, 3.8) is 0 Å². The average molecular weight is 443 g/mol. The molecule has 3 N–H and O–H groups in total. The summed E-state index contributed by atoms with van der Waals surface area (Å²) < 4.78 is 14.0. The largest absolute Gasteiger partial charge is 0.505 e. The van der Waals surface area contributed by atoms with Gasteiger partial charge in [-0.1, -0.05) is 60.7 Å². The average Bonchev–Trinajstić information content (AvgIpc) is 2.83. The molecule has 33 heavy (non-hydrogen) atoms. The van der Waals surface area contributed by atoms with Crippen LogP contribution in [0.25, 0.3) is 10.8 Å². The van der Waals surface area contributed by atoms with Gasteiger partial charge in [-0.25, -0.2) is 4.39 Å². The van der Waals surface area contributed by atoms with Crippen LogP contribution in [-0.2, 0) is 11.2 Å². The number of benzene rings is 4. The van der Waals surface area contributed by atoms with Gasteiger partial charge < -0.3 is 15.7 Å². The first kappa shape index (κ1) is 22.0. The maximum absolute atomic E-state index is 14.0. The lowest BCUT2D eigenvalue weighted by Crippen LogP contribution is -2.36. The molecule has 0 fully saturated rings. The van der Waals surface area contributed by atoms with Gasteiger partial charge in [-0.2, -0.15) is 0 Å². The molecule has 0 saturated heterocycles. The van der Waals surface area contributed by atoms with E-state index in [4.69, 9.17) is 0 Å². The second-order valence-corrected chi connectivity index (χ2v) is 7.77. The zero-order valence-electron chi connectivity index (χ0n) is 17.9. The number of aromatic hydroxyl groups is 1. The Morgan fingerprint density at radius 1 is 1.00 bits per heavy atom. The maximum atomic E-state index is 14.0. The van der Waals surface area contributed by atoms with E-state index in [1.165, 1.54) is 12.1 Å². The lowest BCUT2D eigenvalue weighted by Gasteiger charge is -2.21. The van der Waals surface area contributed by atoms with Gasteiger partial charge in [-0.3, -0.25) is 4.79 Å². The number of anilines is 2. The standard InChI is InChI=1S/C26H22FN3O3/c1-16-11-12-18(14-21(16)27)28-26(32)24(13-17-7-3-2-4-8-17)29-23-15-22(30-33)19-9-5-6-10-20(19)25(23)31/h2-12,14-15,24,29,31H,13H2,1H3,(H,28,32)/t24-/m1/s1. The number of nitroso groups, excluding NO2 is 1. The summed E-state index contributed by atoms with van der Waals surface area (Å²) in [6.07, 6.45) is 0.289. The van der Waals surface area contributed by atoms with Crippen molar-refractivity contribution in [3.05, 3.63) is 101 Å². The Labute approximate surface area is 190 Å². The topological polar surface area (TPSA) is 90.8 Å². The number of phenolic OH excluding ortho intramolecular Hbond substituents is 1. The molecule has 0 aliphatic carbocycles.